The lowest BCUT2D eigenvalue weighted by Gasteiger charge is -2.27. The van der Waals surface area contributed by atoms with Crippen LogP contribution in [0.3, 0.4) is 0 Å². The van der Waals surface area contributed by atoms with Gasteiger partial charge in [0, 0.05) is 25.2 Å². The Morgan fingerprint density at radius 3 is 2.47 bits per heavy atom. The van der Waals surface area contributed by atoms with Crippen molar-refractivity contribution in [1.82, 2.24) is 4.90 Å². The molecule has 176 valence electrons. The van der Waals surface area contributed by atoms with Gasteiger partial charge in [0.2, 0.25) is 6.10 Å². The summed E-state index contributed by atoms with van der Waals surface area (Å²) in [6, 6.07) is 14.3. The molecule has 0 saturated carbocycles. The zero-order valence-corrected chi connectivity index (χ0v) is 18.4. The Bertz CT molecular complexity index is 1220. The van der Waals surface area contributed by atoms with E-state index in [0.29, 0.717) is 11.3 Å². The van der Waals surface area contributed by atoms with E-state index < -0.39 is 35.8 Å². The second-order valence-corrected chi connectivity index (χ2v) is 7.84. The molecule has 0 spiro atoms. The minimum Gasteiger partial charge on any atom is -0.507 e. The SMILES string of the molecule is COc1ccc(C2C(C(=O)N(C)Cc3ccc(F)cc3)OC(=O)N2c2cccc(F)c2)c(O)c1. The molecule has 34 heavy (non-hydrogen) atoms. The van der Waals surface area contributed by atoms with Gasteiger partial charge in [-0.05, 0) is 48.0 Å². The highest BCUT2D eigenvalue weighted by Gasteiger charge is 2.49. The molecule has 2 amide bonds. The van der Waals surface area contributed by atoms with Gasteiger partial charge in [-0.15, -0.1) is 0 Å². The number of anilines is 1. The van der Waals surface area contributed by atoms with Crippen molar-refractivity contribution < 1.29 is 33.0 Å². The lowest BCUT2D eigenvalue weighted by Crippen LogP contribution is -2.40. The summed E-state index contributed by atoms with van der Waals surface area (Å²) in [5, 5.41) is 10.7. The molecule has 1 aliphatic rings. The van der Waals surface area contributed by atoms with Crippen LogP contribution in [-0.4, -0.2) is 42.3 Å². The molecular formula is C25H22F2N2O5. The van der Waals surface area contributed by atoms with Gasteiger partial charge in [0.05, 0.1) is 12.8 Å². The third-order valence-electron chi connectivity index (χ3n) is 5.58. The number of carbonyl (C=O) groups is 2. The number of aromatic hydroxyl groups is 1. The number of phenolic OH excluding ortho intramolecular Hbond substituents is 1. The summed E-state index contributed by atoms with van der Waals surface area (Å²) < 4.78 is 37.8. The van der Waals surface area contributed by atoms with Crippen molar-refractivity contribution in [2.24, 2.45) is 0 Å². The second-order valence-electron chi connectivity index (χ2n) is 7.84. The van der Waals surface area contributed by atoms with Crippen LogP contribution in [0, 0.1) is 11.6 Å². The molecular weight excluding hydrogens is 446 g/mol. The van der Waals surface area contributed by atoms with Gasteiger partial charge in [0.15, 0.2) is 0 Å². The summed E-state index contributed by atoms with van der Waals surface area (Å²) >= 11 is 0. The zero-order chi connectivity index (χ0) is 24.4. The Labute approximate surface area is 194 Å². The molecule has 1 aliphatic heterocycles. The van der Waals surface area contributed by atoms with Gasteiger partial charge in [0.25, 0.3) is 5.91 Å². The summed E-state index contributed by atoms with van der Waals surface area (Å²) in [5.74, 6) is -1.37. The van der Waals surface area contributed by atoms with Crippen LogP contribution in [0.1, 0.15) is 17.2 Å². The number of methoxy groups -OCH3 is 1. The van der Waals surface area contributed by atoms with E-state index in [0.717, 1.165) is 11.0 Å². The van der Waals surface area contributed by atoms with Crippen LogP contribution in [0.4, 0.5) is 19.3 Å². The van der Waals surface area contributed by atoms with Crippen molar-refractivity contribution in [2.45, 2.75) is 18.7 Å². The minimum atomic E-state index is -1.33. The number of rotatable bonds is 6. The largest absolute Gasteiger partial charge is 0.507 e. The van der Waals surface area contributed by atoms with Crippen LogP contribution in [0.15, 0.2) is 66.7 Å². The molecule has 7 nitrogen and oxygen atoms in total. The van der Waals surface area contributed by atoms with Crippen LogP contribution in [0.5, 0.6) is 11.5 Å². The zero-order valence-electron chi connectivity index (χ0n) is 18.4. The summed E-state index contributed by atoms with van der Waals surface area (Å²) in [4.78, 5) is 28.8. The van der Waals surface area contributed by atoms with Crippen LogP contribution in [0.2, 0.25) is 0 Å². The van der Waals surface area contributed by atoms with E-state index >= 15 is 0 Å². The molecule has 3 aromatic carbocycles. The van der Waals surface area contributed by atoms with E-state index in [9.17, 15) is 23.5 Å². The molecule has 1 heterocycles. The molecule has 2 atom stereocenters. The topological polar surface area (TPSA) is 79.3 Å². The molecule has 9 heteroatoms. The minimum absolute atomic E-state index is 0.133. The van der Waals surface area contributed by atoms with E-state index in [1.807, 2.05) is 0 Å². The molecule has 0 radical (unpaired) electrons. The summed E-state index contributed by atoms with van der Waals surface area (Å²) in [5.41, 5.74) is 1.07. The highest BCUT2D eigenvalue weighted by atomic mass is 19.1. The lowest BCUT2D eigenvalue weighted by molar-refractivity contribution is -0.138. The van der Waals surface area contributed by atoms with E-state index in [1.165, 1.54) is 61.5 Å². The number of halogens is 2. The maximum atomic E-state index is 14.0. The average Bonchev–Trinajstić information content (AvgIpc) is 3.16. The summed E-state index contributed by atoms with van der Waals surface area (Å²) in [6.07, 6.45) is -2.19. The molecule has 0 aromatic heterocycles. The Morgan fingerprint density at radius 2 is 1.82 bits per heavy atom. The van der Waals surface area contributed by atoms with Crippen molar-refractivity contribution in [3.8, 4) is 11.5 Å². The first kappa shape index (κ1) is 23.0. The van der Waals surface area contributed by atoms with Crippen LogP contribution in [-0.2, 0) is 16.1 Å². The third kappa shape index (κ3) is 4.50. The number of amides is 2. The molecule has 4 rings (SSSR count). The Kier molecular flexibility index (Phi) is 6.36. The van der Waals surface area contributed by atoms with Gasteiger partial charge in [-0.1, -0.05) is 18.2 Å². The normalized spacial score (nSPS) is 17.4. The van der Waals surface area contributed by atoms with E-state index in [-0.39, 0.29) is 23.5 Å². The number of nitrogens with zero attached hydrogens (tertiary/aromatic N) is 2. The predicted molar refractivity (Wildman–Crippen MR) is 119 cm³/mol. The average molecular weight is 468 g/mol. The van der Waals surface area contributed by atoms with Crippen molar-refractivity contribution >= 4 is 17.7 Å². The molecule has 2 unspecified atom stereocenters. The highest BCUT2D eigenvalue weighted by Crippen LogP contribution is 2.42. The Hall–Kier alpha value is -4.14. The van der Waals surface area contributed by atoms with Crippen molar-refractivity contribution in [2.75, 3.05) is 19.1 Å². The molecule has 3 aromatic rings. The van der Waals surface area contributed by atoms with Crippen LogP contribution >= 0.6 is 0 Å². The van der Waals surface area contributed by atoms with E-state index in [1.54, 1.807) is 18.2 Å². The third-order valence-corrected chi connectivity index (χ3v) is 5.58. The number of hydrogen-bond acceptors (Lipinski definition) is 5. The van der Waals surface area contributed by atoms with Crippen molar-refractivity contribution in [3.05, 3.63) is 89.5 Å². The summed E-state index contributed by atoms with van der Waals surface area (Å²) in [6.45, 7) is 0.133. The second kappa shape index (κ2) is 9.38. The van der Waals surface area contributed by atoms with E-state index in [2.05, 4.69) is 0 Å². The highest BCUT2D eigenvalue weighted by molar-refractivity contribution is 5.97. The van der Waals surface area contributed by atoms with Crippen LogP contribution < -0.4 is 9.64 Å². The van der Waals surface area contributed by atoms with E-state index in [4.69, 9.17) is 9.47 Å². The van der Waals surface area contributed by atoms with Gasteiger partial charge in [-0.2, -0.15) is 0 Å². The molecule has 1 N–H and O–H groups in total. The fourth-order valence-corrected chi connectivity index (χ4v) is 3.92. The maximum Gasteiger partial charge on any atom is 0.415 e. The molecule has 0 aliphatic carbocycles. The molecule has 1 fully saturated rings. The Balaban J connectivity index is 1.72. The fraction of sp³-hybridized carbons (Fsp3) is 0.200. The quantitative estimate of drug-likeness (QED) is 0.580. The first-order chi connectivity index (χ1) is 16.3. The number of phenols is 1. The number of benzene rings is 3. The Morgan fingerprint density at radius 1 is 1.09 bits per heavy atom. The molecule has 0 bridgehead atoms. The number of likely N-dealkylation sites (N-methyl/N-ethyl adjacent to an activating group) is 1. The fourth-order valence-electron chi connectivity index (χ4n) is 3.92. The first-order valence-electron chi connectivity index (χ1n) is 10.4. The maximum absolute atomic E-state index is 14.0. The van der Waals surface area contributed by atoms with Gasteiger partial charge >= 0.3 is 6.09 Å². The van der Waals surface area contributed by atoms with Gasteiger partial charge < -0.3 is 19.5 Å². The smallest absolute Gasteiger partial charge is 0.415 e. The number of carbonyl (C=O) groups excluding carboxylic acids is 2. The van der Waals surface area contributed by atoms with Crippen molar-refractivity contribution in [3.63, 3.8) is 0 Å². The van der Waals surface area contributed by atoms with Gasteiger partial charge in [0.1, 0.15) is 29.2 Å². The number of cyclic esters (lactones) is 1. The predicted octanol–water partition coefficient (Wildman–Crippen LogP) is 4.40. The van der Waals surface area contributed by atoms with Crippen molar-refractivity contribution in [1.29, 1.82) is 0 Å². The van der Waals surface area contributed by atoms with Crippen LogP contribution in [0.25, 0.3) is 0 Å². The van der Waals surface area contributed by atoms with Gasteiger partial charge in [-0.25, -0.2) is 13.6 Å². The first-order valence-corrected chi connectivity index (χ1v) is 10.4. The number of hydrogen-bond donors (Lipinski definition) is 1. The standard InChI is InChI=1S/C25H22F2N2O5/c1-28(14-15-6-8-16(26)9-7-15)24(31)23-22(20-11-10-19(33-2)13-21(20)30)29(25(32)34-23)18-5-3-4-17(27)12-18/h3-13,22-23,30H,14H2,1-2H3. The molecule has 1 saturated heterocycles. The summed E-state index contributed by atoms with van der Waals surface area (Å²) in [7, 11) is 2.96. The lowest BCUT2D eigenvalue weighted by atomic mass is 9.97. The monoisotopic (exact) mass is 468 g/mol. The van der Waals surface area contributed by atoms with Gasteiger partial charge in [-0.3, -0.25) is 9.69 Å². The number of ether oxygens (including phenoxy) is 2.